The van der Waals surface area contributed by atoms with Crippen LogP contribution in [0.5, 0.6) is 0 Å². The molecule has 16 heavy (non-hydrogen) atoms. The van der Waals surface area contributed by atoms with Gasteiger partial charge in [-0.25, -0.2) is 4.99 Å². The van der Waals surface area contributed by atoms with Crippen LogP contribution in [0.1, 0.15) is 5.56 Å². The van der Waals surface area contributed by atoms with Gasteiger partial charge < -0.3 is 5.73 Å². The van der Waals surface area contributed by atoms with Crippen LogP contribution in [0.15, 0.2) is 34.8 Å². The smallest absolute Gasteiger partial charge is 0.276 e. The monoisotopic (exact) mass is 233 g/mol. The molecule has 0 saturated heterocycles. The second-order valence-corrected chi connectivity index (χ2v) is 3.56. The molecule has 0 aliphatic carbocycles. The fourth-order valence-electron chi connectivity index (χ4n) is 1.35. The Morgan fingerprint density at radius 3 is 2.69 bits per heavy atom. The van der Waals surface area contributed by atoms with E-state index >= 15 is 0 Å². The number of para-hydroxylation sites is 1. The Balaban J connectivity index is 2.47. The highest BCUT2D eigenvalue weighted by Crippen LogP contribution is 2.23. The van der Waals surface area contributed by atoms with Gasteiger partial charge in [-0.3, -0.25) is 10.1 Å². The summed E-state index contributed by atoms with van der Waals surface area (Å²) >= 11 is 4.88. The lowest BCUT2D eigenvalue weighted by Crippen LogP contribution is -2.29. The summed E-state index contributed by atoms with van der Waals surface area (Å²) in [6, 6.07) is 6.39. The lowest BCUT2D eigenvalue weighted by Gasteiger charge is -2.13. The van der Waals surface area contributed by atoms with Crippen molar-refractivity contribution in [3.63, 3.8) is 0 Å². The number of thiocarbonyl (C=S) groups is 1. The van der Waals surface area contributed by atoms with Crippen molar-refractivity contribution in [3.8, 4) is 0 Å². The largest absolute Gasteiger partial charge is 0.383 e. The van der Waals surface area contributed by atoms with Gasteiger partial charge in [-0.1, -0.05) is 24.4 Å². The summed E-state index contributed by atoms with van der Waals surface area (Å²) in [7, 11) is 0. The second-order valence-electron chi connectivity index (χ2n) is 3.18. The molecular weight excluding hydrogens is 226 g/mol. The molecule has 1 aromatic rings. The van der Waals surface area contributed by atoms with Crippen LogP contribution in [0.25, 0.3) is 6.08 Å². The Morgan fingerprint density at radius 2 is 2.12 bits per heavy atom. The van der Waals surface area contributed by atoms with E-state index in [0.717, 1.165) is 0 Å². The molecule has 0 unspecified atom stereocenters. The number of hydrogen-bond acceptors (Lipinski definition) is 4. The predicted molar refractivity (Wildman–Crippen MR) is 65.3 cm³/mol. The summed E-state index contributed by atoms with van der Waals surface area (Å²) < 4.78 is 0. The summed E-state index contributed by atoms with van der Waals surface area (Å²) in [6.07, 6.45) is 1.59. The fraction of sp³-hybridized carbons (Fsp3) is 0. The third kappa shape index (κ3) is 1.70. The zero-order valence-corrected chi connectivity index (χ0v) is 8.90. The van der Waals surface area contributed by atoms with Crippen LogP contribution in [0.2, 0.25) is 0 Å². The number of rotatable bonds is 2. The molecule has 1 heterocycles. The van der Waals surface area contributed by atoms with E-state index in [1.165, 1.54) is 6.07 Å². The second kappa shape index (κ2) is 3.82. The molecule has 2 rings (SSSR count). The highest BCUT2D eigenvalue weighted by molar-refractivity contribution is 7.81. The highest BCUT2D eigenvalue weighted by Gasteiger charge is 2.20. The van der Waals surface area contributed by atoms with Crippen molar-refractivity contribution in [2.75, 3.05) is 0 Å². The first kappa shape index (κ1) is 10.4. The van der Waals surface area contributed by atoms with E-state index in [2.05, 4.69) is 4.99 Å². The number of nitro benzene ring substituents is 1. The zero-order chi connectivity index (χ0) is 11.7. The number of nitrogens with zero attached hydrogens (tertiary/aromatic N) is 2. The van der Waals surface area contributed by atoms with Gasteiger partial charge in [-0.05, 0) is 12.1 Å². The molecule has 0 radical (unpaired) electrons. The van der Waals surface area contributed by atoms with Crippen LogP contribution < -0.4 is 5.73 Å². The van der Waals surface area contributed by atoms with Crippen LogP contribution in [-0.4, -0.2) is 15.7 Å². The van der Waals surface area contributed by atoms with Crippen molar-refractivity contribution in [1.29, 1.82) is 0 Å². The van der Waals surface area contributed by atoms with Gasteiger partial charge >= 0.3 is 0 Å². The fourth-order valence-corrected chi connectivity index (χ4v) is 1.62. The molecule has 0 spiro atoms. The Labute approximate surface area is 96.4 Å². The van der Waals surface area contributed by atoms with Crippen molar-refractivity contribution in [3.05, 3.63) is 45.5 Å². The highest BCUT2D eigenvalue weighted by atomic mass is 32.1. The van der Waals surface area contributed by atoms with E-state index in [1.54, 1.807) is 24.3 Å². The van der Waals surface area contributed by atoms with Crippen LogP contribution >= 0.6 is 12.2 Å². The van der Waals surface area contributed by atoms with E-state index in [9.17, 15) is 10.1 Å². The maximum absolute atomic E-state index is 10.8. The lowest BCUT2D eigenvalue weighted by atomic mass is 10.1. The molecule has 0 atom stereocenters. The number of amidine groups is 1. The quantitative estimate of drug-likeness (QED) is 0.364. The van der Waals surface area contributed by atoms with Crippen molar-refractivity contribution < 1.29 is 4.92 Å². The number of benzene rings is 1. The molecule has 0 saturated carbocycles. The minimum Gasteiger partial charge on any atom is -0.383 e. The van der Waals surface area contributed by atoms with Crippen LogP contribution in [0.3, 0.4) is 0 Å². The molecule has 2 N–H and O–H groups in total. The topological polar surface area (TPSA) is 81.5 Å². The first-order valence-electron chi connectivity index (χ1n) is 4.43. The normalized spacial score (nSPS) is 16.9. The third-order valence-corrected chi connectivity index (χ3v) is 2.47. The minimum absolute atomic E-state index is 0.0255. The van der Waals surface area contributed by atoms with Crippen molar-refractivity contribution in [2.45, 2.75) is 0 Å². The average Bonchev–Trinajstić information content (AvgIpc) is 2.26. The molecule has 0 amide bonds. The van der Waals surface area contributed by atoms with Crippen LogP contribution in [-0.2, 0) is 0 Å². The maximum atomic E-state index is 10.8. The summed E-state index contributed by atoms with van der Waals surface area (Å²) in [6.45, 7) is 0. The molecule has 6 heteroatoms. The number of nitro groups is 1. The van der Waals surface area contributed by atoms with Gasteiger partial charge in [0.2, 0.25) is 0 Å². The number of nitrogens with two attached hydrogens (primary N) is 1. The van der Waals surface area contributed by atoms with Crippen LogP contribution in [0, 0.1) is 10.1 Å². The van der Waals surface area contributed by atoms with Gasteiger partial charge in [0.1, 0.15) is 10.8 Å². The van der Waals surface area contributed by atoms with Gasteiger partial charge in [-0.2, -0.15) is 0 Å². The SMILES string of the molecule is NC1=NC(=S)/C1=C/c1ccccc1[N+](=O)[O-]. The van der Waals surface area contributed by atoms with Crippen molar-refractivity contribution in [1.82, 2.24) is 0 Å². The summed E-state index contributed by atoms with van der Waals surface area (Å²) in [5.74, 6) is 0.322. The summed E-state index contributed by atoms with van der Waals surface area (Å²) in [4.78, 5) is 14.5. The maximum Gasteiger partial charge on any atom is 0.276 e. The minimum atomic E-state index is -0.443. The first-order valence-corrected chi connectivity index (χ1v) is 4.84. The third-order valence-electron chi connectivity index (χ3n) is 2.16. The molecule has 1 aromatic carbocycles. The van der Waals surface area contributed by atoms with Crippen molar-refractivity contribution >= 4 is 34.8 Å². The standard InChI is InChI=1S/C10H7N3O2S/c11-9-7(10(16)12-9)5-6-3-1-2-4-8(6)13(14)15/h1-5H,(H2,11,12,16)/b7-5+. The van der Waals surface area contributed by atoms with E-state index in [0.29, 0.717) is 22.0 Å². The van der Waals surface area contributed by atoms with Crippen molar-refractivity contribution in [2.24, 2.45) is 10.7 Å². The Morgan fingerprint density at radius 1 is 1.44 bits per heavy atom. The molecule has 5 nitrogen and oxygen atoms in total. The summed E-state index contributed by atoms with van der Waals surface area (Å²) in [5, 5.41) is 10.8. The molecule has 0 fully saturated rings. The molecule has 0 bridgehead atoms. The molecule has 1 aliphatic rings. The Bertz CT molecular complexity index is 549. The van der Waals surface area contributed by atoms with Gasteiger partial charge in [-0.15, -0.1) is 0 Å². The first-order chi connectivity index (χ1) is 7.59. The molecule has 0 aromatic heterocycles. The summed E-state index contributed by atoms with van der Waals surface area (Å²) in [5.41, 5.74) is 6.60. The van der Waals surface area contributed by atoms with E-state index in [4.69, 9.17) is 18.0 Å². The van der Waals surface area contributed by atoms with Gasteiger partial charge in [0.15, 0.2) is 0 Å². The molecule has 80 valence electrons. The molecular formula is C10H7N3O2S. The van der Waals surface area contributed by atoms with E-state index < -0.39 is 4.92 Å². The average molecular weight is 233 g/mol. The molecule has 1 aliphatic heterocycles. The van der Waals surface area contributed by atoms with Gasteiger partial charge in [0, 0.05) is 6.07 Å². The predicted octanol–water partition coefficient (Wildman–Crippen LogP) is 1.68. The van der Waals surface area contributed by atoms with E-state index in [-0.39, 0.29) is 5.69 Å². The zero-order valence-electron chi connectivity index (χ0n) is 8.08. The number of aliphatic imine (C=N–C) groups is 1. The Hall–Kier alpha value is -2.08. The van der Waals surface area contributed by atoms with Crippen LogP contribution in [0.4, 0.5) is 5.69 Å². The van der Waals surface area contributed by atoms with Gasteiger partial charge in [0.05, 0.1) is 16.1 Å². The number of hydrogen-bond donors (Lipinski definition) is 1. The van der Waals surface area contributed by atoms with Gasteiger partial charge in [0.25, 0.3) is 5.69 Å². The Kier molecular flexibility index (Phi) is 2.49. The lowest BCUT2D eigenvalue weighted by molar-refractivity contribution is -0.385. The van der Waals surface area contributed by atoms with E-state index in [1.807, 2.05) is 0 Å².